The fourth-order valence-corrected chi connectivity index (χ4v) is 4.99. The van der Waals surface area contributed by atoms with Crippen LogP contribution in [0.3, 0.4) is 0 Å². The largest absolute Gasteiger partial charge is 0.296 e. The molecular weight excluding hydrogens is 396 g/mol. The van der Waals surface area contributed by atoms with Crippen molar-refractivity contribution < 1.29 is 13.2 Å². The summed E-state index contributed by atoms with van der Waals surface area (Å²) in [5.41, 5.74) is 0.742. The highest BCUT2D eigenvalue weighted by Gasteiger charge is 2.29. The van der Waals surface area contributed by atoms with Crippen molar-refractivity contribution in [1.29, 1.82) is 0 Å². The highest BCUT2D eigenvalue weighted by atomic mass is 32.2. The Kier molecular flexibility index (Phi) is 5.87. The first-order chi connectivity index (χ1) is 13.3. The van der Waals surface area contributed by atoms with Crippen molar-refractivity contribution in [2.75, 3.05) is 5.32 Å². The second-order valence-corrected chi connectivity index (χ2v) is 9.68. The molecule has 28 heavy (non-hydrogen) atoms. The van der Waals surface area contributed by atoms with Crippen molar-refractivity contribution in [3.05, 3.63) is 71.8 Å². The van der Waals surface area contributed by atoms with Gasteiger partial charge >= 0.3 is 0 Å². The highest BCUT2D eigenvalue weighted by Crippen LogP contribution is 2.23. The number of hydrogen-bond acceptors (Lipinski definition) is 6. The maximum Gasteiger partial charge on any atom is 0.270 e. The first-order valence-corrected chi connectivity index (χ1v) is 10.8. The van der Waals surface area contributed by atoms with Crippen LogP contribution >= 0.6 is 11.3 Å². The molecule has 1 aromatic heterocycles. The molecule has 0 fully saturated rings. The van der Waals surface area contributed by atoms with Gasteiger partial charge in [0, 0.05) is 11.1 Å². The normalized spacial score (nSPS) is 11.9. The van der Waals surface area contributed by atoms with Crippen LogP contribution in [0, 0.1) is 0 Å². The van der Waals surface area contributed by atoms with Crippen molar-refractivity contribution >= 4 is 32.4 Å². The summed E-state index contributed by atoms with van der Waals surface area (Å²) in [6.07, 6.45) is 0.517. The predicted octanol–water partition coefficient (Wildman–Crippen LogP) is 3.09. The Balaban J connectivity index is 1.70. The predicted molar refractivity (Wildman–Crippen MR) is 109 cm³/mol. The number of carbonyl (C=O) groups is 1. The van der Waals surface area contributed by atoms with Crippen molar-refractivity contribution in [3.63, 3.8) is 0 Å². The number of anilines is 1. The van der Waals surface area contributed by atoms with E-state index in [1.807, 2.05) is 30.3 Å². The number of aromatic nitrogens is 2. The molecule has 0 aliphatic heterocycles. The number of hydrogen-bond donors (Lipinski definition) is 2. The monoisotopic (exact) mass is 416 g/mol. The minimum atomic E-state index is -3.87. The van der Waals surface area contributed by atoms with Gasteiger partial charge in [-0.1, -0.05) is 59.9 Å². The zero-order valence-corrected chi connectivity index (χ0v) is 17.0. The molecule has 1 heterocycles. The van der Waals surface area contributed by atoms with Crippen LogP contribution in [0.4, 0.5) is 5.13 Å². The van der Waals surface area contributed by atoms with Crippen LogP contribution < -0.4 is 10.0 Å². The summed E-state index contributed by atoms with van der Waals surface area (Å²) in [6.45, 7) is 3.60. The Morgan fingerprint density at radius 3 is 2.25 bits per heavy atom. The van der Waals surface area contributed by atoms with E-state index in [9.17, 15) is 13.2 Å². The second kappa shape index (κ2) is 8.17. The molecule has 1 amide bonds. The van der Waals surface area contributed by atoms with Crippen LogP contribution in [0.2, 0.25) is 0 Å². The van der Waals surface area contributed by atoms with Crippen molar-refractivity contribution in [3.8, 4) is 0 Å². The number of nitrogens with one attached hydrogen (secondary N) is 2. The lowest BCUT2D eigenvalue weighted by atomic mass is 9.96. The van der Waals surface area contributed by atoms with Gasteiger partial charge in [0.25, 0.3) is 15.9 Å². The Labute approximate surface area is 167 Å². The van der Waals surface area contributed by atoms with E-state index in [-0.39, 0.29) is 15.4 Å². The van der Waals surface area contributed by atoms with E-state index >= 15 is 0 Å². The fraction of sp³-hybridized carbons (Fsp3) is 0.211. The lowest BCUT2D eigenvalue weighted by molar-refractivity contribution is 0.102. The molecule has 3 aromatic rings. The first-order valence-electron chi connectivity index (χ1n) is 8.53. The summed E-state index contributed by atoms with van der Waals surface area (Å²) >= 11 is 0.805. The van der Waals surface area contributed by atoms with E-state index in [4.69, 9.17) is 0 Å². The number of nitrogens with zero attached hydrogens (tertiary/aromatic N) is 2. The molecule has 9 heteroatoms. The van der Waals surface area contributed by atoms with Gasteiger partial charge in [-0.15, -0.1) is 10.2 Å². The van der Waals surface area contributed by atoms with Gasteiger partial charge in [0.15, 0.2) is 0 Å². The van der Waals surface area contributed by atoms with E-state index in [2.05, 4.69) is 20.2 Å². The summed E-state index contributed by atoms with van der Waals surface area (Å²) in [4.78, 5) is 12.2. The van der Waals surface area contributed by atoms with Crippen LogP contribution in [0.5, 0.6) is 0 Å². The molecule has 0 bridgehead atoms. The summed E-state index contributed by atoms with van der Waals surface area (Å²) in [5.74, 6) is -0.377. The van der Waals surface area contributed by atoms with Gasteiger partial charge in [-0.3, -0.25) is 10.1 Å². The summed E-state index contributed by atoms with van der Waals surface area (Å²) in [7, 11) is -3.87. The van der Waals surface area contributed by atoms with Gasteiger partial charge in [-0.2, -0.15) is 0 Å². The topological polar surface area (TPSA) is 101 Å². The van der Waals surface area contributed by atoms with Crippen molar-refractivity contribution in [1.82, 2.24) is 14.9 Å². The zero-order valence-electron chi connectivity index (χ0n) is 15.4. The number of carbonyl (C=O) groups excluding carboxylic acids is 1. The van der Waals surface area contributed by atoms with Crippen LogP contribution in [0.1, 0.15) is 29.8 Å². The Hall–Kier alpha value is -2.62. The van der Waals surface area contributed by atoms with Gasteiger partial charge in [0.2, 0.25) is 9.47 Å². The third kappa shape index (κ3) is 5.22. The van der Waals surface area contributed by atoms with Crippen LogP contribution in [-0.4, -0.2) is 30.1 Å². The van der Waals surface area contributed by atoms with E-state index in [0.29, 0.717) is 12.0 Å². The maximum absolute atomic E-state index is 12.7. The molecular formula is C19H20N4O3S2. The third-order valence-electron chi connectivity index (χ3n) is 3.79. The van der Waals surface area contributed by atoms with E-state index in [1.165, 1.54) is 0 Å². The summed E-state index contributed by atoms with van der Waals surface area (Å²) in [6, 6.07) is 18.2. The number of amides is 1. The lowest BCUT2D eigenvalue weighted by Gasteiger charge is -2.25. The van der Waals surface area contributed by atoms with Crippen molar-refractivity contribution in [2.24, 2.45) is 0 Å². The van der Waals surface area contributed by atoms with E-state index < -0.39 is 15.6 Å². The molecule has 0 aliphatic carbocycles. The van der Waals surface area contributed by atoms with Crippen LogP contribution in [0.25, 0.3) is 0 Å². The van der Waals surface area contributed by atoms with Crippen LogP contribution in [-0.2, 0) is 16.4 Å². The van der Waals surface area contributed by atoms with E-state index in [0.717, 1.165) is 16.9 Å². The quantitative estimate of drug-likeness (QED) is 0.577. The van der Waals surface area contributed by atoms with Gasteiger partial charge in [-0.25, -0.2) is 13.1 Å². The van der Waals surface area contributed by atoms with Gasteiger partial charge in [-0.05, 0) is 38.0 Å². The van der Waals surface area contributed by atoms with Crippen molar-refractivity contribution in [2.45, 2.75) is 30.1 Å². The zero-order chi connectivity index (χ0) is 20.2. The molecule has 0 saturated carbocycles. The molecule has 2 N–H and O–H groups in total. The molecule has 0 unspecified atom stereocenters. The summed E-state index contributed by atoms with van der Waals surface area (Å²) < 4.78 is 27.8. The second-order valence-electron chi connectivity index (χ2n) is 6.85. The molecule has 0 aliphatic rings. The third-order valence-corrected chi connectivity index (χ3v) is 6.70. The molecule has 146 valence electrons. The Morgan fingerprint density at radius 1 is 1.00 bits per heavy atom. The maximum atomic E-state index is 12.7. The molecule has 0 atom stereocenters. The fourth-order valence-electron chi connectivity index (χ4n) is 2.68. The molecule has 0 spiro atoms. The van der Waals surface area contributed by atoms with Crippen LogP contribution in [0.15, 0.2) is 65.0 Å². The van der Waals surface area contributed by atoms with E-state index in [1.54, 1.807) is 44.2 Å². The summed E-state index contributed by atoms with van der Waals surface area (Å²) in [5, 5.41) is 10.2. The minimum absolute atomic E-state index is 0.120. The smallest absolute Gasteiger partial charge is 0.270 e. The lowest BCUT2D eigenvalue weighted by Crippen LogP contribution is -2.44. The minimum Gasteiger partial charge on any atom is -0.296 e. The SMILES string of the molecule is CC(C)(Cc1ccccc1)NS(=O)(=O)c1nnc(NC(=O)c2ccccc2)s1. The standard InChI is InChI=1S/C19H20N4O3S2/c1-19(2,13-14-9-5-3-6-10-14)23-28(25,26)18-22-21-17(27-18)20-16(24)15-11-7-4-8-12-15/h3-12,23H,13H2,1-2H3,(H,20,21,24). The highest BCUT2D eigenvalue weighted by molar-refractivity contribution is 7.91. The molecule has 0 radical (unpaired) electrons. The Morgan fingerprint density at radius 2 is 1.61 bits per heavy atom. The number of sulfonamides is 1. The molecule has 3 rings (SSSR count). The average Bonchev–Trinajstić information content (AvgIpc) is 3.11. The average molecular weight is 417 g/mol. The first kappa shape index (κ1) is 20.1. The molecule has 2 aromatic carbocycles. The molecule has 0 saturated heterocycles. The van der Waals surface area contributed by atoms with Gasteiger partial charge in [0.05, 0.1) is 0 Å². The van der Waals surface area contributed by atoms with Gasteiger partial charge < -0.3 is 0 Å². The van der Waals surface area contributed by atoms with Gasteiger partial charge in [0.1, 0.15) is 0 Å². The number of benzene rings is 2. The molecule has 7 nitrogen and oxygen atoms in total. The number of rotatable bonds is 7. The Bertz CT molecular complexity index is 1050.